The van der Waals surface area contributed by atoms with Gasteiger partial charge in [0.25, 0.3) is 0 Å². The van der Waals surface area contributed by atoms with Crippen molar-refractivity contribution in [1.29, 1.82) is 0 Å². The summed E-state index contributed by atoms with van der Waals surface area (Å²) in [6.45, 7) is 4.82. The van der Waals surface area contributed by atoms with Gasteiger partial charge in [-0.1, -0.05) is 23.7 Å². The number of aromatic hydroxyl groups is 1. The van der Waals surface area contributed by atoms with Crippen molar-refractivity contribution in [1.82, 2.24) is 15.8 Å². The summed E-state index contributed by atoms with van der Waals surface area (Å²) in [5.74, 6) is 0.726. The average Bonchev–Trinajstić information content (AvgIpc) is 3.29. The first-order valence-electron chi connectivity index (χ1n) is 10.6. The van der Waals surface area contributed by atoms with Crippen LogP contribution in [0.5, 0.6) is 11.5 Å². The standard InChI is InChI=1S/C23H28ClN3O4/c1-3-31-15-7-5-14(6-8-15)22-19-20(16-12-17(24)13(2)11-18(16)29)25-26-21(19)23(30)27(22)9-4-10-28/h5-8,11-12,19-22,25-26,28-29H,3-4,9-10H2,1-2H3. The van der Waals surface area contributed by atoms with E-state index in [0.29, 0.717) is 30.2 Å². The Bertz CT molecular complexity index is 953. The maximum Gasteiger partial charge on any atom is 0.242 e. The fourth-order valence-corrected chi connectivity index (χ4v) is 4.89. The van der Waals surface area contributed by atoms with Gasteiger partial charge >= 0.3 is 0 Å². The number of amides is 1. The summed E-state index contributed by atoms with van der Waals surface area (Å²) in [5.41, 5.74) is 8.77. The molecule has 0 bridgehead atoms. The Morgan fingerprint density at radius 2 is 1.87 bits per heavy atom. The minimum atomic E-state index is -0.445. The Morgan fingerprint density at radius 1 is 1.16 bits per heavy atom. The average molecular weight is 446 g/mol. The number of carbonyl (C=O) groups excluding carboxylic acids is 1. The second-order valence-corrected chi connectivity index (χ2v) is 8.44. The second kappa shape index (κ2) is 9.04. The Kier molecular flexibility index (Phi) is 6.39. The first-order chi connectivity index (χ1) is 15.0. The molecule has 8 heteroatoms. The fourth-order valence-electron chi connectivity index (χ4n) is 4.72. The molecule has 2 fully saturated rings. The predicted molar refractivity (Wildman–Crippen MR) is 118 cm³/mol. The number of hydrogen-bond donors (Lipinski definition) is 4. The number of aliphatic hydroxyl groups excluding tert-OH is 1. The van der Waals surface area contributed by atoms with Crippen LogP contribution in [0.2, 0.25) is 5.02 Å². The van der Waals surface area contributed by atoms with Crippen molar-refractivity contribution >= 4 is 17.5 Å². The quantitative estimate of drug-likeness (QED) is 0.523. The molecule has 7 nitrogen and oxygen atoms in total. The number of likely N-dealkylation sites (tertiary alicyclic amines) is 1. The zero-order valence-corrected chi connectivity index (χ0v) is 18.4. The molecule has 2 aromatic carbocycles. The van der Waals surface area contributed by atoms with E-state index in [-0.39, 0.29) is 36.3 Å². The fraction of sp³-hybridized carbons (Fsp3) is 0.435. The summed E-state index contributed by atoms with van der Waals surface area (Å²) >= 11 is 6.36. The molecule has 2 aliphatic rings. The molecule has 2 aromatic rings. The molecule has 1 amide bonds. The van der Waals surface area contributed by atoms with Crippen LogP contribution in [0.15, 0.2) is 36.4 Å². The van der Waals surface area contributed by atoms with Gasteiger partial charge in [0, 0.05) is 29.7 Å². The number of nitrogens with zero attached hydrogens (tertiary/aromatic N) is 1. The van der Waals surface area contributed by atoms with Crippen LogP contribution in [-0.4, -0.2) is 46.8 Å². The van der Waals surface area contributed by atoms with Crippen molar-refractivity contribution in [2.45, 2.75) is 38.4 Å². The number of carbonyl (C=O) groups is 1. The van der Waals surface area contributed by atoms with Crippen LogP contribution in [-0.2, 0) is 4.79 Å². The zero-order valence-electron chi connectivity index (χ0n) is 17.6. The van der Waals surface area contributed by atoms with Gasteiger partial charge in [0.05, 0.1) is 18.7 Å². The number of hydrazine groups is 1. The highest BCUT2D eigenvalue weighted by Crippen LogP contribution is 2.49. The van der Waals surface area contributed by atoms with E-state index in [1.807, 2.05) is 43.0 Å². The van der Waals surface area contributed by atoms with Crippen molar-refractivity contribution in [2.75, 3.05) is 19.8 Å². The summed E-state index contributed by atoms with van der Waals surface area (Å²) in [4.78, 5) is 15.1. The van der Waals surface area contributed by atoms with Gasteiger partial charge in [-0.25, -0.2) is 10.9 Å². The van der Waals surface area contributed by atoms with Gasteiger partial charge in [-0.2, -0.15) is 0 Å². The van der Waals surface area contributed by atoms with E-state index in [9.17, 15) is 15.0 Å². The van der Waals surface area contributed by atoms with Gasteiger partial charge in [0.2, 0.25) is 5.91 Å². The smallest absolute Gasteiger partial charge is 0.242 e. The van der Waals surface area contributed by atoms with Crippen molar-refractivity contribution in [2.24, 2.45) is 5.92 Å². The van der Waals surface area contributed by atoms with Crippen molar-refractivity contribution in [3.63, 3.8) is 0 Å². The molecule has 4 unspecified atom stereocenters. The van der Waals surface area contributed by atoms with E-state index >= 15 is 0 Å². The van der Waals surface area contributed by atoms with E-state index in [4.69, 9.17) is 16.3 Å². The molecule has 4 N–H and O–H groups in total. The van der Waals surface area contributed by atoms with Crippen LogP contribution >= 0.6 is 11.6 Å². The predicted octanol–water partition coefficient (Wildman–Crippen LogP) is 2.85. The van der Waals surface area contributed by atoms with E-state index < -0.39 is 6.04 Å². The normalized spacial score (nSPS) is 25.2. The van der Waals surface area contributed by atoms with E-state index in [1.165, 1.54) is 0 Å². The number of ether oxygens (including phenoxy) is 1. The number of nitrogens with one attached hydrogen (secondary N) is 2. The summed E-state index contributed by atoms with van der Waals surface area (Å²) in [6.07, 6.45) is 0.498. The Hall–Kier alpha value is -2.32. The molecular formula is C23H28ClN3O4. The number of phenols is 1. The summed E-state index contributed by atoms with van der Waals surface area (Å²) < 4.78 is 5.57. The SMILES string of the molecule is CCOc1ccc(C2C3C(NNC3c3cc(Cl)c(C)cc3O)C(=O)N2CCCO)cc1. The molecular weight excluding hydrogens is 418 g/mol. The highest BCUT2D eigenvalue weighted by Gasteiger charge is 2.55. The van der Waals surface area contributed by atoms with Crippen LogP contribution < -0.4 is 15.6 Å². The topological polar surface area (TPSA) is 94.1 Å². The van der Waals surface area contributed by atoms with E-state index in [1.54, 1.807) is 12.1 Å². The van der Waals surface area contributed by atoms with Crippen LogP contribution in [0.25, 0.3) is 0 Å². The summed E-state index contributed by atoms with van der Waals surface area (Å²) in [6, 6.07) is 10.2. The molecule has 2 saturated heterocycles. The molecule has 31 heavy (non-hydrogen) atoms. The van der Waals surface area contributed by atoms with Crippen molar-refractivity contribution in [3.05, 3.63) is 58.1 Å². The molecule has 0 aliphatic carbocycles. The molecule has 0 saturated carbocycles. The molecule has 2 aliphatic heterocycles. The van der Waals surface area contributed by atoms with Crippen LogP contribution in [0.1, 0.15) is 42.1 Å². The third kappa shape index (κ3) is 3.99. The van der Waals surface area contributed by atoms with Crippen molar-refractivity contribution in [3.8, 4) is 11.5 Å². The summed E-state index contributed by atoms with van der Waals surface area (Å²) in [5, 5.41) is 20.6. The molecule has 0 aromatic heterocycles. The maximum atomic E-state index is 13.3. The largest absolute Gasteiger partial charge is 0.508 e. The van der Waals surface area contributed by atoms with Crippen molar-refractivity contribution < 1.29 is 19.7 Å². The number of halogens is 1. The number of phenolic OH excluding ortho intramolecular Hbond substituents is 1. The van der Waals surface area contributed by atoms with Crippen LogP contribution in [0.4, 0.5) is 0 Å². The summed E-state index contributed by atoms with van der Waals surface area (Å²) in [7, 11) is 0. The lowest BCUT2D eigenvalue weighted by atomic mass is 9.83. The Morgan fingerprint density at radius 3 is 2.55 bits per heavy atom. The minimum absolute atomic E-state index is 0.0125. The Balaban J connectivity index is 1.74. The first-order valence-corrected chi connectivity index (χ1v) is 11.0. The van der Waals surface area contributed by atoms with Crippen LogP contribution in [0.3, 0.4) is 0 Å². The highest BCUT2D eigenvalue weighted by atomic mass is 35.5. The highest BCUT2D eigenvalue weighted by molar-refractivity contribution is 6.31. The second-order valence-electron chi connectivity index (χ2n) is 8.04. The number of benzene rings is 2. The number of fused-ring (bicyclic) bond motifs is 1. The molecule has 2 heterocycles. The van der Waals surface area contributed by atoms with Crippen LogP contribution in [0, 0.1) is 12.8 Å². The molecule has 4 atom stereocenters. The Labute approximate surface area is 186 Å². The molecule has 0 radical (unpaired) electrons. The lowest BCUT2D eigenvalue weighted by Crippen LogP contribution is -2.41. The molecule has 166 valence electrons. The van der Waals surface area contributed by atoms with E-state index in [0.717, 1.165) is 16.9 Å². The lowest BCUT2D eigenvalue weighted by molar-refractivity contribution is -0.130. The third-order valence-corrected chi connectivity index (χ3v) is 6.55. The first kappa shape index (κ1) is 21.9. The number of aliphatic hydroxyl groups is 1. The monoisotopic (exact) mass is 445 g/mol. The number of aryl methyl sites for hydroxylation is 1. The van der Waals surface area contributed by atoms with Gasteiger partial charge in [0.15, 0.2) is 0 Å². The van der Waals surface area contributed by atoms with Gasteiger partial charge < -0.3 is 19.8 Å². The lowest BCUT2D eigenvalue weighted by Gasteiger charge is -2.31. The third-order valence-electron chi connectivity index (χ3n) is 6.15. The number of hydrogen-bond acceptors (Lipinski definition) is 6. The van der Waals surface area contributed by atoms with Gasteiger partial charge in [-0.15, -0.1) is 0 Å². The molecule has 0 spiro atoms. The zero-order chi connectivity index (χ0) is 22.1. The minimum Gasteiger partial charge on any atom is -0.508 e. The number of rotatable bonds is 7. The van der Waals surface area contributed by atoms with Gasteiger partial charge in [-0.3, -0.25) is 4.79 Å². The maximum absolute atomic E-state index is 13.3. The van der Waals surface area contributed by atoms with Gasteiger partial charge in [-0.05, 0) is 55.7 Å². The van der Waals surface area contributed by atoms with E-state index in [2.05, 4.69) is 10.9 Å². The molecule has 4 rings (SSSR count). The van der Waals surface area contributed by atoms with Gasteiger partial charge in [0.1, 0.15) is 17.5 Å².